The zero-order valence-corrected chi connectivity index (χ0v) is 18.8. The molecule has 0 nitrogen and oxygen atoms in total. The fraction of sp³-hybridized carbons (Fsp3) is 0.290. The molecule has 0 fully saturated rings. The van der Waals surface area contributed by atoms with E-state index in [-0.39, 0.29) is 0 Å². The van der Waals surface area contributed by atoms with Crippen LogP contribution in [0.25, 0.3) is 21.9 Å². The molecule has 0 saturated carbocycles. The van der Waals surface area contributed by atoms with Crippen LogP contribution in [0.15, 0.2) is 78.9 Å². The van der Waals surface area contributed by atoms with Gasteiger partial charge in [-0.3, -0.25) is 0 Å². The number of rotatable bonds is 5. The lowest BCUT2D eigenvalue weighted by Crippen LogP contribution is -2.09. The second kappa shape index (κ2) is 8.71. The molecule has 0 N–H and O–H groups in total. The van der Waals surface area contributed by atoms with Gasteiger partial charge in [-0.15, -0.1) is 0 Å². The van der Waals surface area contributed by atoms with E-state index >= 15 is 0 Å². The topological polar surface area (TPSA) is 0 Å². The van der Waals surface area contributed by atoms with Crippen LogP contribution in [-0.2, 0) is 25.7 Å². The van der Waals surface area contributed by atoms with Crippen molar-refractivity contribution in [2.24, 2.45) is 0 Å². The van der Waals surface area contributed by atoms with Crippen LogP contribution in [0.5, 0.6) is 0 Å². The molecule has 1 atom stereocenters. The Morgan fingerprint density at radius 1 is 0.742 bits per heavy atom. The van der Waals surface area contributed by atoms with Gasteiger partial charge < -0.3 is 0 Å². The minimum atomic E-state index is 0.505. The molecular weight excluding hydrogens is 372 g/mol. The van der Waals surface area contributed by atoms with Gasteiger partial charge in [-0.25, -0.2) is 0 Å². The quantitative estimate of drug-likeness (QED) is 0.314. The molecular formula is C31H32. The van der Waals surface area contributed by atoms with E-state index in [4.69, 9.17) is 0 Å². The Kier molecular flexibility index (Phi) is 5.64. The molecule has 0 heterocycles. The molecule has 0 saturated heterocycles. The maximum atomic E-state index is 2.51. The van der Waals surface area contributed by atoms with E-state index in [1.165, 1.54) is 63.4 Å². The van der Waals surface area contributed by atoms with Crippen LogP contribution in [0, 0.1) is 0 Å². The first-order valence-electron chi connectivity index (χ1n) is 12.0. The molecule has 0 bridgehead atoms. The summed E-state index contributed by atoms with van der Waals surface area (Å²) in [5.74, 6) is 0.505. The van der Waals surface area contributed by atoms with Crippen molar-refractivity contribution in [2.45, 2.75) is 58.3 Å². The molecule has 0 aliphatic heterocycles. The van der Waals surface area contributed by atoms with Gasteiger partial charge >= 0.3 is 0 Å². The maximum absolute atomic E-state index is 2.51. The smallest absolute Gasteiger partial charge is 0.00717 e. The number of hydrogen-bond acceptors (Lipinski definition) is 0. The summed E-state index contributed by atoms with van der Waals surface area (Å²) >= 11 is 0. The van der Waals surface area contributed by atoms with E-state index in [1.807, 2.05) is 0 Å². The van der Waals surface area contributed by atoms with Crippen molar-refractivity contribution < 1.29 is 0 Å². The van der Waals surface area contributed by atoms with Gasteiger partial charge in [0.15, 0.2) is 0 Å². The highest BCUT2D eigenvalue weighted by Crippen LogP contribution is 2.41. The Labute approximate surface area is 187 Å². The molecule has 156 valence electrons. The van der Waals surface area contributed by atoms with E-state index in [0.29, 0.717) is 5.92 Å². The number of benzene rings is 4. The minimum absolute atomic E-state index is 0.505. The first-order chi connectivity index (χ1) is 15.3. The fourth-order valence-electron chi connectivity index (χ4n) is 5.51. The number of aryl methyl sites for hydroxylation is 2. The van der Waals surface area contributed by atoms with Crippen molar-refractivity contribution in [2.75, 3.05) is 0 Å². The van der Waals surface area contributed by atoms with Crippen LogP contribution in [0.2, 0.25) is 0 Å². The van der Waals surface area contributed by atoms with Gasteiger partial charge in [0.25, 0.3) is 0 Å². The average molecular weight is 405 g/mol. The summed E-state index contributed by atoms with van der Waals surface area (Å²) in [6, 6.07) is 30.0. The Morgan fingerprint density at radius 2 is 1.52 bits per heavy atom. The Hall–Kier alpha value is -2.86. The summed E-state index contributed by atoms with van der Waals surface area (Å²) < 4.78 is 0. The normalized spacial score (nSPS) is 15.4. The van der Waals surface area contributed by atoms with Crippen molar-refractivity contribution in [3.63, 3.8) is 0 Å². The van der Waals surface area contributed by atoms with Crippen LogP contribution in [-0.4, -0.2) is 0 Å². The van der Waals surface area contributed by atoms with Gasteiger partial charge in [-0.2, -0.15) is 0 Å². The molecule has 4 aromatic carbocycles. The Bertz CT molecular complexity index is 1210. The standard InChI is InChI=1S/C31H32/c1-3-5-10-22-15-18-29-26(19-22)21-27(20-25-12-7-8-13-28(25)29)31-23(4-2)16-17-24-11-6-9-14-30(24)31/h6-9,11-19,27H,3-5,10,20-21H2,1-2H3. The Balaban J connectivity index is 1.69. The summed E-state index contributed by atoms with van der Waals surface area (Å²) in [5.41, 5.74) is 10.5. The summed E-state index contributed by atoms with van der Waals surface area (Å²) in [6.07, 6.45) is 7.01. The molecule has 0 heteroatoms. The molecule has 1 aliphatic rings. The lowest BCUT2D eigenvalue weighted by Gasteiger charge is -2.22. The molecule has 5 rings (SSSR count). The lowest BCUT2D eigenvalue weighted by atomic mass is 9.82. The number of fused-ring (bicyclic) bond motifs is 4. The predicted molar refractivity (Wildman–Crippen MR) is 134 cm³/mol. The van der Waals surface area contributed by atoms with Gasteiger partial charge in [0.05, 0.1) is 0 Å². The highest BCUT2D eigenvalue weighted by atomic mass is 14.3. The average Bonchev–Trinajstić information content (AvgIpc) is 2.98. The van der Waals surface area contributed by atoms with Crippen LogP contribution in [0.3, 0.4) is 0 Å². The fourth-order valence-corrected chi connectivity index (χ4v) is 5.51. The van der Waals surface area contributed by atoms with Crippen molar-refractivity contribution in [1.82, 2.24) is 0 Å². The SMILES string of the molecule is CCCCc1ccc2c(c1)CC(c1c(CC)ccc3ccccc13)Cc1ccccc1-2. The zero-order chi connectivity index (χ0) is 21.2. The van der Waals surface area contributed by atoms with Crippen molar-refractivity contribution >= 4 is 10.8 Å². The maximum Gasteiger partial charge on any atom is -0.00717 e. The van der Waals surface area contributed by atoms with Crippen molar-refractivity contribution in [3.8, 4) is 11.1 Å². The van der Waals surface area contributed by atoms with Gasteiger partial charge in [0.1, 0.15) is 0 Å². The molecule has 0 aromatic heterocycles. The number of hydrogen-bond donors (Lipinski definition) is 0. The molecule has 31 heavy (non-hydrogen) atoms. The first-order valence-corrected chi connectivity index (χ1v) is 12.0. The van der Waals surface area contributed by atoms with Gasteiger partial charge in [-0.05, 0) is 87.7 Å². The van der Waals surface area contributed by atoms with E-state index in [1.54, 1.807) is 5.56 Å². The highest BCUT2D eigenvalue weighted by molar-refractivity contribution is 5.88. The molecule has 4 aromatic rings. The van der Waals surface area contributed by atoms with Crippen molar-refractivity contribution in [3.05, 3.63) is 107 Å². The van der Waals surface area contributed by atoms with Gasteiger partial charge in [0, 0.05) is 0 Å². The second-order valence-corrected chi connectivity index (χ2v) is 9.07. The zero-order valence-electron chi connectivity index (χ0n) is 18.8. The molecule has 0 amide bonds. The molecule has 0 radical (unpaired) electrons. The van der Waals surface area contributed by atoms with Crippen LogP contribution in [0.4, 0.5) is 0 Å². The van der Waals surface area contributed by atoms with E-state index < -0.39 is 0 Å². The van der Waals surface area contributed by atoms with Crippen LogP contribution >= 0.6 is 0 Å². The monoisotopic (exact) mass is 404 g/mol. The summed E-state index contributed by atoms with van der Waals surface area (Å²) in [7, 11) is 0. The molecule has 1 unspecified atom stereocenters. The van der Waals surface area contributed by atoms with Gasteiger partial charge in [-0.1, -0.05) is 99.1 Å². The third-order valence-corrected chi connectivity index (χ3v) is 7.08. The summed E-state index contributed by atoms with van der Waals surface area (Å²) in [6.45, 7) is 4.58. The lowest BCUT2D eigenvalue weighted by molar-refractivity contribution is 0.685. The third kappa shape index (κ3) is 3.81. The predicted octanol–water partition coefficient (Wildman–Crippen LogP) is 8.29. The van der Waals surface area contributed by atoms with E-state index in [0.717, 1.165) is 19.3 Å². The second-order valence-electron chi connectivity index (χ2n) is 9.07. The van der Waals surface area contributed by atoms with E-state index in [9.17, 15) is 0 Å². The summed E-state index contributed by atoms with van der Waals surface area (Å²) in [5, 5.41) is 2.80. The van der Waals surface area contributed by atoms with Gasteiger partial charge in [0.2, 0.25) is 0 Å². The summed E-state index contributed by atoms with van der Waals surface area (Å²) in [4.78, 5) is 0. The van der Waals surface area contributed by atoms with Crippen molar-refractivity contribution in [1.29, 1.82) is 0 Å². The first kappa shape index (κ1) is 20.1. The van der Waals surface area contributed by atoms with E-state index in [2.05, 4.69) is 92.7 Å². The minimum Gasteiger partial charge on any atom is -0.0654 e. The van der Waals surface area contributed by atoms with Crippen LogP contribution < -0.4 is 0 Å². The number of unbranched alkanes of at least 4 members (excludes halogenated alkanes) is 1. The third-order valence-electron chi connectivity index (χ3n) is 7.08. The highest BCUT2D eigenvalue weighted by Gasteiger charge is 2.25. The molecule has 1 aliphatic carbocycles. The molecule has 0 spiro atoms. The Morgan fingerprint density at radius 3 is 2.39 bits per heavy atom. The van der Waals surface area contributed by atoms with Crippen LogP contribution in [0.1, 0.15) is 60.4 Å². The largest absolute Gasteiger partial charge is 0.0654 e.